The van der Waals surface area contributed by atoms with Gasteiger partial charge in [0.2, 0.25) is 15.9 Å². The minimum absolute atomic E-state index is 0.0688. The van der Waals surface area contributed by atoms with Gasteiger partial charge in [0.1, 0.15) is 13.2 Å². The molecule has 0 atom stereocenters. The van der Waals surface area contributed by atoms with Crippen LogP contribution in [0.25, 0.3) is 0 Å². The number of piperidine rings is 1. The Morgan fingerprint density at radius 3 is 2.30 bits per heavy atom. The molecule has 2 heterocycles. The second-order valence-electron chi connectivity index (χ2n) is 9.07. The molecule has 33 heavy (non-hydrogen) atoms. The Morgan fingerprint density at radius 2 is 1.67 bits per heavy atom. The fraction of sp³-hybridized carbons (Fsp3) is 0.480. The molecule has 1 fully saturated rings. The molecule has 7 nitrogen and oxygen atoms in total. The quantitative estimate of drug-likeness (QED) is 0.642. The molecule has 2 aliphatic heterocycles. The van der Waals surface area contributed by atoms with Gasteiger partial charge < -0.3 is 14.4 Å². The predicted octanol–water partition coefficient (Wildman–Crippen LogP) is 3.64. The van der Waals surface area contributed by atoms with Gasteiger partial charge in [-0.15, -0.1) is 0 Å². The van der Waals surface area contributed by atoms with Crippen LogP contribution in [0.4, 0.5) is 0 Å². The van der Waals surface area contributed by atoms with Crippen LogP contribution in [-0.4, -0.2) is 56.9 Å². The van der Waals surface area contributed by atoms with Crippen molar-refractivity contribution in [2.24, 2.45) is 5.92 Å². The molecule has 0 saturated carbocycles. The number of ether oxygens (including phenoxy) is 2. The Balaban J connectivity index is 1.35. The number of carbonyl (C=O) groups is 1. The molecule has 2 aliphatic rings. The number of benzene rings is 2. The van der Waals surface area contributed by atoms with Gasteiger partial charge in [-0.25, -0.2) is 8.42 Å². The van der Waals surface area contributed by atoms with Crippen LogP contribution < -0.4 is 9.47 Å². The zero-order valence-electron chi connectivity index (χ0n) is 19.5. The number of carbonyl (C=O) groups excluding carboxylic acids is 1. The van der Waals surface area contributed by atoms with Crippen molar-refractivity contribution in [3.63, 3.8) is 0 Å². The lowest BCUT2D eigenvalue weighted by Gasteiger charge is -2.32. The van der Waals surface area contributed by atoms with Crippen LogP contribution in [0.15, 0.2) is 47.4 Å². The minimum Gasteiger partial charge on any atom is -0.486 e. The highest BCUT2D eigenvalue weighted by molar-refractivity contribution is 7.89. The van der Waals surface area contributed by atoms with Crippen molar-refractivity contribution in [3.8, 4) is 11.5 Å². The van der Waals surface area contributed by atoms with Gasteiger partial charge in [-0.05, 0) is 42.0 Å². The van der Waals surface area contributed by atoms with Crippen molar-refractivity contribution in [2.45, 2.75) is 44.0 Å². The summed E-state index contributed by atoms with van der Waals surface area (Å²) in [4.78, 5) is 14.9. The normalized spacial score (nSPS) is 17.2. The lowest BCUT2D eigenvalue weighted by Crippen LogP contribution is -2.43. The zero-order chi connectivity index (χ0) is 23.6. The zero-order valence-corrected chi connectivity index (χ0v) is 20.3. The van der Waals surface area contributed by atoms with E-state index in [9.17, 15) is 13.2 Å². The van der Waals surface area contributed by atoms with Crippen molar-refractivity contribution in [1.82, 2.24) is 9.21 Å². The van der Waals surface area contributed by atoms with E-state index < -0.39 is 10.0 Å². The first-order valence-corrected chi connectivity index (χ1v) is 12.9. The molecule has 0 N–H and O–H groups in total. The average Bonchev–Trinajstić information content (AvgIpc) is 2.83. The van der Waals surface area contributed by atoms with Crippen molar-refractivity contribution in [2.75, 3.05) is 33.4 Å². The Morgan fingerprint density at radius 1 is 1.03 bits per heavy atom. The van der Waals surface area contributed by atoms with Gasteiger partial charge in [0, 0.05) is 38.7 Å². The van der Waals surface area contributed by atoms with Gasteiger partial charge in [0.15, 0.2) is 11.5 Å². The number of rotatable bonds is 6. The first kappa shape index (κ1) is 23.6. The Labute approximate surface area is 196 Å². The molecule has 4 rings (SSSR count). The molecular formula is C25H32N2O5S. The van der Waals surface area contributed by atoms with Gasteiger partial charge in [-0.1, -0.05) is 38.1 Å². The van der Waals surface area contributed by atoms with Crippen molar-refractivity contribution in [1.29, 1.82) is 0 Å². The van der Waals surface area contributed by atoms with E-state index >= 15 is 0 Å². The van der Waals surface area contributed by atoms with Crippen LogP contribution in [-0.2, 0) is 21.4 Å². The predicted molar refractivity (Wildman–Crippen MR) is 126 cm³/mol. The fourth-order valence-electron chi connectivity index (χ4n) is 4.35. The van der Waals surface area contributed by atoms with Crippen LogP contribution in [0.2, 0.25) is 0 Å². The number of hydrogen-bond acceptors (Lipinski definition) is 5. The standard InChI is InChI=1S/C25H32N2O5S/c1-18(2)20-6-4-19(5-7-20)17-26(3)25(28)21-10-12-27(13-11-21)33(29,30)22-8-9-23-24(16-22)32-15-14-31-23/h4-9,16,18,21H,10-15,17H2,1-3H3. The van der Waals surface area contributed by atoms with Gasteiger partial charge in [-0.3, -0.25) is 4.79 Å². The van der Waals surface area contributed by atoms with Gasteiger partial charge in [0.25, 0.3) is 0 Å². The first-order valence-electron chi connectivity index (χ1n) is 11.5. The second kappa shape index (κ2) is 9.73. The van der Waals surface area contributed by atoms with E-state index in [4.69, 9.17) is 9.47 Å². The highest BCUT2D eigenvalue weighted by Crippen LogP contribution is 2.34. The maximum absolute atomic E-state index is 13.1. The topological polar surface area (TPSA) is 76.2 Å². The van der Waals surface area contributed by atoms with Crippen molar-refractivity contribution >= 4 is 15.9 Å². The van der Waals surface area contributed by atoms with Gasteiger partial charge >= 0.3 is 0 Å². The number of amides is 1. The number of hydrogen-bond donors (Lipinski definition) is 0. The summed E-state index contributed by atoms with van der Waals surface area (Å²) in [7, 11) is -1.84. The maximum atomic E-state index is 13.1. The first-order chi connectivity index (χ1) is 15.8. The second-order valence-corrected chi connectivity index (χ2v) is 11.0. The van der Waals surface area contributed by atoms with Crippen LogP contribution in [0.1, 0.15) is 43.7 Å². The SMILES string of the molecule is CC(C)c1ccc(CN(C)C(=O)C2CCN(S(=O)(=O)c3ccc4c(c3)OCCO4)CC2)cc1. The van der Waals surface area contributed by atoms with Crippen molar-refractivity contribution < 1.29 is 22.7 Å². The largest absolute Gasteiger partial charge is 0.486 e. The number of fused-ring (bicyclic) bond motifs is 1. The van der Waals surface area contributed by atoms with Crippen LogP contribution in [0, 0.1) is 5.92 Å². The Bertz CT molecular complexity index is 1090. The van der Waals surface area contributed by atoms with E-state index in [1.807, 2.05) is 7.05 Å². The molecule has 0 aromatic heterocycles. The minimum atomic E-state index is -3.65. The monoisotopic (exact) mass is 472 g/mol. The molecule has 2 aromatic carbocycles. The lowest BCUT2D eigenvalue weighted by molar-refractivity contribution is -0.135. The van der Waals surface area contributed by atoms with Crippen molar-refractivity contribution in [3.05, 3.63) is 53.6 Å². The maximum Gasteiger partial charge on any atom is 0.243 e. The van der Waals surface area contributed by atoms with Crippen LogP contribution >= 0.6 is 0 Å². The molecule has 0 bridgehead atoms. The molecular weight excluding hydrogens is 440 g/mol. The summed E-state index contributed by atoms with van der Waals surface area (Å²) in [6.45, 7) is 6.37. The summed E-state index contributed by atoms with van der Waals surface area (Å²) >= 11 is 0. The van der Waals surface area contributed by atoms with E-state index in [0.29, 0.717) is 63.1 Å². The third kappa shape index (κ3) is 5.17. The lowest BCUT2D eigenvalue weighted by atomic mass is 9.96. The third-order valence-electron chi connectivity index (χ3n) is 6.40. The Kier molecular flexibility index (Phi) is 6.95. The summed E-state index contributed by atoms with van der Waals surface area (Å²) in [5.74, 6) is 1.39. The molecule has 0 unspecified atom stereocenters. The number of nitrogens with zero attached hydrogens (tertiary/aromatic N) is 2. The summed E-state index contributed by atoms with van der Waals surface area (Å²) in [5.41, 5.74) is 2.37. The van der Waals surface area contributed by atoms with Gasteiger partial charge in [0.05, 0.1) is 4.90 Å². The van der Waals surface area contributed by atoms with E-state index in [0.717, 1.165) is 5.56 Å². The van der Waals surface area contributed by atoms with E-state index in [-0.39, 0.29) is 16.7 Å². The fourth-order valence-corrected chi connectivity index (χ4v) is 5.83. The Hall–Kier alpha value is -2.58. The molecule has 1 amide bonds. The molecule has 1 saturated heterocycles. The average molecular weight is 473 g/mol. The number of sulfonamides is 1. The van der Waals surface area contributed by atoms with Crippen LogP contribution in [0.3, 0.4) is 0 Å². The summed E-state index contributed by atoms with van der Waals surface area (Å²) < 4.78 is 38.7. The smallest absolute Gasteiger partial charge is 0.243 e. The third-order valence-corrected chi connectivity index (χ3v) is 8.29. The highest BCUT2D eigenvalue weighted by Gasteiger charge is 2.33. The summed E-state index contributed by atoms with van der Waals surface area (Å²) in [6, 6.07) is 13.1. The summed E-state index contributed by atoms with van der Waals surface area (Å²) in [6.07, 6.45) is 1.03. The van der Waals surface area contributed by atoms with E-state index in [2.05, 4.69) is 38.1 Å². The molecule has 0 radical (unpaired) electrons. The van der Waals surface area contributed by atoms with Crippen LogP contribution in [0.5, 0.6) is 11.5 Å². The molecule has 0 aliphatic carbocycles. The summed E-state index contributed by atoms with van der Waals surface area (Å²) in [5, 5.41) is 0. The van der Waals surface area contributed by atoms with Gasteiger partial charge in [-0.2, -0.15) is 4.31 Å². The molecule has 8 heteroatoms. The molecule has 0 spiro atoms. The molecule has 178 valence electrons. The highest BCUT2D eigenvalue weighted by atomic mass is 32.2. The molecule has 2 aromatic rings. The van der Waals surface area contributed by atoms with E-state index in [1.165, 1.54) is 15.9 Å². The van der Waals surface area contributed by atoms with E-state index in [1.54, 1.807) is 17.0 Å².